The zero-order valence-electron chi connectivity index (χ0n) is 8.33. The van der Waals surface area contributed by atoms with Crippen molar-refractivity contribution >= 4 is 5.97 Å². The van der Waals surface area contributed by atoms with Crippen LogP contribution >= 0.6 is 0 Å². The van der Waals surface area contributed by atoms with Gasteiger partial charge < -0.3 is 5.11 Å². The van der Waals surface area contributed by atoms with E-state index in [2.05, 4.69) is 0 Å². The van der Waals surface area contributed by atoms with E-state index in [4.69, 9.17) is 5.11 Å². The fraction of sp³-hybridized carbons (Fsp3) is 0. The molecule has 0 radical (unpaired) electrons. The Labute approximate surface area is 91.4 Å². The fourth-order valence-corrected chi connectivity index (χ4v) is 1.40. The second kappa shape index (κ2) is 4.02. The standard InChI is InChI=1S/C12H9NO3/c14-11-7-6-9(12(15)16)8-13(11)10-4-2-1-3-5-10/h1-8H,(H,15,16)/i1+2,2+2,3+2,4+2,5+2,10+2. The normalized spacial score (nSPS) is 10.0. The molecule has 0 atom stereocenters. The fourth-order valence-electron chi connectivity index (χ4n) is 1.40. The predicted molar refractivity (Wildman–Crippen MR) is 59.0 cm³/mol. The van der Waals surface area contributed by atoms with E-state index < -0.39 is 5.97 Å². The van der Waals surface area contributed by atoms with Gasteiger partial charge in [-0.05, 0) is 18.2 Å². The van der Waals surface area contributed by atoms with Gasteiger partial charge in [-0.3, -0.25) is 9.36 Å². The zero-order valence-corrected chi connectivity index (χ0v) is 8.33. The first kappa shape index (κ1) is 10.2. The van der Waals surface area contributed by atoms with E-state index in [0.717, 1.165) is 0 Å². The Balaban J connectivity index is 2.61. The molecule has 4 nitrogen and oxygen atoms in total. The van der Waals surface area contributed by atoms with Gasteiger partial charge in [-0.25, -0.2) is 4.79 Å². The third kappa shape index (κ3) is 1.86. The molecule has 1 N–H and O–H groups in total. The van der Waals surface area contributed by atoms with Crippen LogP contribution in [-0.4, -0.2) is 15.6 Å². The van der Waals surface area contributed by atoms with Crippen molar-refractivity contribution in [3.63, 3.8) is 0 Å². The van der Waals surface area contributed by atoms with Crippen LogP contribution in [-0.2, 0) is 0 Å². The van der Waals surface area contributed by atoms with E-state index in [0.29, 0.717) is 5.69 Å². The molecule has 2 rings (SSSR count). The minimum absolute atomic E-state index is 0.0865. The van der Waals surface area contributed by atoms with Crippen molar-refractivity contribution < 1.29 is 9.90 Å². The number of para-hydroxylation sites is 1. The largest absolute Gasteiger partial charge is 0.478 e. The van der Waals surface area contributed by atoms with Crippen molar-refractivity contribution in [1.29, 1.82) is 0 Å². The minimum atomic E-state index is -1.05. The molecule has 16 heavy (non-hydrogen) atoms. The van der Waals surface area contributed by atoms with Gasteiger partial charge in [0.25, 0.3) is 5.56 Å². The van der Waals surface area contributed by atoms with E-state index in [1.807, 2.05) is 6.07 Å². The Hall–Kier alpha value is -2.36. The van der Waals surface area contributed by atoms with Gasteiger partial charge in [-0.1, -0.05) is 18.2 Å². The van der Waals surface area contributed by atoms with Crippen molar-refractivity contribution in [2.75, 3.05) is 0 Å². The quantitative estimate of drug-likeness (QED) is 0.846. The molecule has 0 amide bonds. The summed E-state index contributed by atoms with van der Waals surface area (Å²) in [5.74, 6) is -1.05. The first-order chi connectivity index (χ1) is 7.68. The van der Waals surface area contributed by atoms with Crippen LogP contribution in [0.25, 0.3) is 5.69 Å². The van der Waals surface area contributed by atoms with Crippen LogP contribution in [0.2, 0.25) is 0 Å². The lowest BCUT2D eigenvalue weighted by Crippen LogP contribution is -2.18. The van der Waals surface area contributed by atoms with Crippen LogP contribution in [0, 0.1) is 0 Å². The summed E-state index contributed by atoms with van der Waals surface area (Å²) in [4.78, 5) is 22.3. The third-order valence-corrected chi connectivity index (χ3v) is 2.19. The predicted octanol–water partition coefficient (Wildman–Crippen LogP) is 1.54. The number of nitrogens with zero attached hydrogens (tertiary/aromatic N) is 1. The monoisotopic (exact) mass is 227 g/mol. The first-order valence-electron chi connectivity index (χ1n) is 4.70. The number of carbonyl (C=O) groups is 1. The van der Waals surface area contributed by atoms with Crippen molar-refractivity contribution in [2.24, 2.45) is 0 Å². The lowest BCUT2D eigenvalue weighted by atomic mass is 10.3. The topological polar surface area (TPSA) is 59.3 Å². The summed E-state index contributed by atoms with van der Waals surface area (Å²) in [5, 5.41) is 8.83. The molecule has 0 aliphatic carbocycles. The zero-order chi connectivity index (χ0) is 11.5. The average Bonchev–Trinajstić information content (AvgIpc) is 2.30. The number of carboxylic acid groups (broad SMARTS) is 1. The van der Waals surface area contributed by atoms with Crippen LogP contribution < -0.4 is 5.56 Å². The lowest BCUT2D eigenvalue weighted by molar-refractivity contribution is 0.0696. The highest BCUT2D eigenvalue weighted by molar-refractivity contribution is 5.87. The van der Waals surface area contributed by atoms with Crippen molar-refractivity contribution in [2.45, 2.75) is 0 Å². The summed E-state index contributed by atoms with van der Waals surface area (Å²) in [6, 6.07) is 11.4. The number of aromatic nitrogens is 1. The van der Waals surface area contributed by atoms with Crippen molar-refractivity contribution in [3.05, 3.63) is 64.6 Å². The Bertz CT molecular complexity index is 572. The van der Waals surface area contributed by atoms with Gasteiger partial charge in [0.05, 0.1) is 5.56 Å². The highest BCUT2D eigenvalue weighted by Crippen LogP contribution is 2.05. The second-order valence-electron chi connectivity index (χ2n) is 3.27. The molecule has 0 fully saturated rings. The summed E-state index contributed by atoms with van der Waals surface area (Å²) in [5.41, 5.74) is 0.482. The molecule has 0 bridgehead atoms. The number of hydrogen-bond acceptors (Lipinski definition) is 2. The molecule has 1 heterocycles. The number of benzene rings is 1. The molecule has 0 saturated carbocycles. The maximum Gasteiger partial charge on any atom is 0.337 e. The SMILES string of the molecule is O=C(O)c1ccc(=O)n(-[14c]2[14cH][14cH][14cH][14cH][14cH]2)c1. The number of aromatic carboxylic acids is 1. The Morgan fingerprint density at radius 1 is 1.25 bits per heavy atom. The maximum absolute atomic E-state index is 11.6. The van der Waals surface area contributed by atoms with Crippen LogP contribution in [0.15, 0.2) is 53.5 Å². The lowest BCUT2D eigenvalue weighted by Gasteiger charge is -2.05. The molecular weight excluding hydrogens is 218 g/mol. The average molecular weight is 227 g/mol. The van der Waals surface area contributed by atoms with Crippen LogP contribution in [0.4, 0.5) is 0 Å². The summed E-state index contributed by atoms with van der Waals surface area (Å²) in [7, 11) is 0. The van der Waals surface area contributed by atoms with Crippen LogP contribution in [0.5, 0.6) is 0 Å². The van der Waals surface area contributed by atoms with E-state index in [9.17, 15) is 9.59 Å². The number of carboxylic acids is 1. The van der Waals surface area contributed by atoms with Gasteiger partial charge in [0.2, 0.25) is 0 Å². The first-order valence-corrected chi connectivity index (χ1v) is 4.70. The van der Waals surface area contributed by atoms with Crippen LogP contribution in [0.1, 0.15) is 10.4 Å². The molecule has 0 spiro atoms. The summed E-state index contributed by atoms with van der Waals surface area (Å²) in [6.07, 6.45) is 1.32. The number of pyridine rings is 1. The molecule has 0 aliphatic rings. The van der Waals surface area contributed by atoms with Gasteiger partial charge in [0.15, 0.2) is 0 Å². The minimum Gasteiger partial charge on any atom is -0.478 e. The van der Waals surface area contributed by atoms with Gasteiger partial charge in [-0.15, -0.1) is 0 Å². The molecule has 1 aromatic carbocycles. The highest BCUT2D eigenvalue weighted by atomic mass is 16.4. The molecule has 0 saturated heterocycles. The van der Waals surface area contributed by atoms with Gasteiger partial charge in [0.1, 0.15) is 0 Å². The molecule has 2 aromatic rings. The molecule has 1 aromatic heterocycles. The van der Waals surface area contributed by atoms with E-state index in [1.165, 1.54) is 22.9 Å². The smallest absolute Gasteiger partial charge is 0.337 e. The number of hydrogen-bond donors (Lipinski definition) is 1. The van der Waals surface area contributed by atoms with E-state index in [-0.39, 0.29) is 11.1 Å². The van der Waals surface area contributed by atoms with E-state index >= 15 is 0 Å². The van der Waals surface area contributed by atoms with E-state index in [1.54, 1.807) is 24.3 Å². The van der Waals surface area contributed by atoms with Crippen LogP contribution in [0.3, 0.4) is 0 Å². The molecule has 0 unspecified atom stereocenters. The highest BCUT2D eigenvalue weighted by Gasteiger charge is 2.05. The Kier molecular flexibility index (Phi) is 2.55. The number of rotatable bonds is 2. The summed E-state index contributed by atoms with van der Waals surface area (Å²) in [6.45, 7) is 0. The second-order valence-corrected chi connectivity index (χ2v) is 3.27. The summed E-state index contributed by atoms with van der Waals surface area (Å²) >= 11 is 0. The van der Waals surface area contributed by atoms with Crippen molar-refractivity contribution in [1.82, 2.24) is 4.57 Å². The van der Waals surface area contributed by atoms with Crippen molar-refractivity contribution in [3.8, 4) is 5.69 Å². The Morgan fingerprint density at radius 2 is 1.94 bits per heavy atom. The maximum atomic E-state index is 11.6. The molecule has 4 heteroatoms. The molecular formula is C12H9NO3. The molecule has 0 aliphatic heterocycles. The van der Waals surface area contributed by atoms with Gasteiger partial charge in [-0.2, -0.15) is 0 Å². The third-order valence-electron chi connectivity index (χ3n) is 2.19. The summed E-state index contributed by atoms with van der Waals surface area (Å²) < 4.78 is 1.31. The van der Waals surface area contributed by atoms with Gasteiger partial charge in [0, 0.05) is 18.0 Å². The van der Waals surface area contributed by atoms with Gasteiger partial charge >= 0.3 is 5.97 Å². The molecule has 80 valence electrons. The Morgan fingerprint density at radius 3 is 2.56 bits per heavy atom.